The van der Waals surface area contributed by atoms with Gasteiger partial charge in [0, 0.05) is 26.9 Å². The minimum Gasteiger partial charge on any atom is -0.461 e. The van der Waals surface area contributed by atoms with Crippen LogP contribution in [-0.4, -0.2) is 43.1 Å². The van der Waals surface area contributed by atoms with Crippen molar-refractivity contribution >= 4 is 56.6 Å². The van der Waals surface area contributed by atoms with Gasteiger partial charge in [0.1, 0.15) is 6.61 Å². The molecule has 0 saturated heterocycles. The van der Waals surface area contributed by atoms with Crippen LogP contribution in [0, 0.1) is 0 Å². The van der Waals surface area contributed by atoms with Crippen molar-refractivity contribution in [2.75, 3.05) is 27.2 Å². The molecular formula is C21H20BrClN2O2. The second-order valence-corrected chi connectivity index (χ2v) is 7.78. The van der Waals surface area contributed by atoms with Gasteiger partial charge in [0.2, 0.25) is 0 Å². The standard InChI is InChI=1S/C21H20BrClN2O2/c1-25(2)11-12-27-21(26)20-17-9-6-15(22)13-19(17)24-18(20)10-5-14-3-7-16(23)8-4-14/h3-10,13,24H,11-12H2,1-2H3/b10-5+. The Morgan fingerprint density at radius 2 is 1.93 bits per heavy atom. The van der Waals surface area contributed by atoms with Crippen LogP contribution in [0.5, 0.6) is 0 Å². The summed E-state index contributed by atoms with van der Waals surface area (Å²) in [5.74, 6) is -0.332. The van der Waals surface area contributed by atoms with E-state index in [4.69, 9.17) is 16.3 Å². The molecule has 0 spiro atoms. The van der Waals surface area contributed by atoms with Gasteiger partial charge in [-0.3, -0.25) is 0 Å². The molecule has 1 heterocycles. The van der Waals surface area contributed by atoms with Gasteiger partial charge in [0.05, 0.1) is 11.3 Å². The first-order chi connectivity index (χ1) is 12.9. The van der Waals surface area contributed by atoms with E-state index >= 15 is 0 Å². The Balaban J connectivity index is 1.95. The third-order valence-electron chi connectivity index (χ3n) is 4.08. The second-order valence-electron chi connectivity index (χ2n) is 6.43. The van der Waals surface area contributed by atoms with Gasteiger partial charge in [0.15, 0.2) is 0 Å². The number of aromatic nitrogens is 1. The van der Waals surface area contributed by atoms with Crippen LogP contribution in [-0.2, 0) is 4.74 Å². The van der Waals surface area contributed by atoms with Gasteiger partial charge >= 0.3 is 5.97 Å². The van der Waals surface area contributed by atoms with Crippen LogP contribution in [0.3, 0.4) is 0 Å². The van der Waals surface area contributed by atoms with Crippen molar-refractivity contribution in [1.29, 1.82) is 0 Å². The summed E-state index contributed by atoms with van der Waals surface area (Å²) in [5.41, 5.74) is 3.13. The van der Waals surface area contributed by atoms with E-state index in [-0.39, 0.29) is 5.97 Å². The summed E-state index contributed by atoms with van der Waals surface area (Å²) in [6.07, 6.45) is 3.83. The summed E-state index contributed by atoms with van der Waals surface area (Å²) in [6, 6.07) is 13.3. The maximum atomic E-state index is 12.7. The highest BCUT2D eigenvalue weighted by atomic mass is 79.9. The van der Waals surface area contributed by atoms with Crippen LogP contribution in [0.2, 0.25) is 5.02 Å². The van der Waals surface area contributed by atoms with Crippen molar-refractivity contribution in [3.63, 3.8) is 0 Å². The van der Waals surface area contributed by atoms with Crippen LogP contribution in [0.15, 0.2) is 46.9 Å². The SMILES string of the molecule is CN(C)CCOC(=O)c1c(/C=C/c2ccc(Cl)cc2)[nH]c2cc(Br)ccc12. The number of H-pyrrole nitrogens is 1. The molecule has 3 aromatic rings. The molecule has 0 aliphatic carbocycles. The number of nitrogens with one attached hydrogen (secondary N) is 1. The van der Waals surface area contributed by atoms with Crippen molar-refractivity contribution in [1.82, 2.24) is 9.88 Å². The number of hydrogen-bond donors (Lipinski definition) is 1. The van der Waals surface area contributed by atoms with E-state index < -0.39 is 0 Å². The molecule has 3 rings (SSSR count). The smallest absolute Gasteiger partial charge is 0.340 e. The number of ether oxygens (including phenoxy) is 1. The van der Waals surface area contributed by atoms with E-state index in [0.717, 1.165) is 20.9 Å². The highest BCUT2D eigenvalue weighted by Crippen LogP contribution is 2.27. The number of fused-ring (bicyclic) bond motifs is 1. The molecule has 4 nitrogen and oxygen atoms in total. The minimum atomic E-state index is -0.332. The van der Waals surface area contributed by atoms with Gasteiger partial charge in [-0.2, -0.15) is 0 Å². The Bertz CT molecular complexity index is 978. The molecule has 27 heavy (non-hydrogen) atoms. The largest absolute Gasteiger partial charge is 0.461 e. The molecule has 140 valence electrons. The van der Waals surface area contributed by atoms with Crippen molar-refractivity contribution in [3.8, 4) is 0 Å². The second kappa shape index (κ2) is 8.74. The molecule has 0 fully saturated rings. The molecule has 0 saturated carbocycles. The minimum absolute atomic E-state index is 0.332. The molecule has 2 aromatic carbocycles. The lowest BCUT2D eigenvalue weighted by Gasteiger charge is -2.10. The summed E-state index contributed by atoms with van der Waals surface area (Å²) in [4.78, 5) is 18.0. The van der Waals surface area contributed by atoms with Gasteiger partial charge < -0.3 is 14.6 Å². The first kappa shape index (κ1) is 19.7. The monoisotopic (exact) mass is 446 g/mol. The predicted molar refractivity (Wildman–Crippen MR) is 115 cm³/mol. The number of nitrogens with zero attached hydrogens (tertiary/aromatic N) is 1. The van der Waals surface area contributed by atoms with E-state index in [1.807, 2.05) is 73.6 Å². The fourth-order valence-electron chi connectivity index (χ4n) is 2.68. The molecule has 0 aliphatic rings. The number of hydrogen-bond acceptors (Lipinski definition) is 3. The maximum absolute atomic E-state index is 12.7. The predicted octanol–water partition coefficient (Wildman–Crippen LogP) is 5.47. The lowest BCUT2D eigenvalue weighted by molar-refractivity contribution is 0.0484. The van der Waals surface area contributed by atoms with Gasteiger partial charge in [-0.25, -0.2) is 4.79 Å². The first-order valence-corrected chi connectivity index (χ1v) is 9.68. The molecule has 0 unspecified atom stereocenters. The van der Waals surface area contributed by atoms with Crippen LogP contribution >= 0.6 is 27.5 Å². The molecule has 6 heteroatoms. The van der Waals surface area contributed by atoms with Crippen molar-refractivity contribution in [2.45, 2.75) is 0 Å². The number of likely N-dealkylation sites (N-methyl/N-ethyl adjacent to an activating group) is 1. The fourth-order valence-corrected chi connectivity index (χ4v) is 3.17. The summed E-state index contributed by atoms with van der Waals surface area (Å²) in [6.45, 7) is 1.02. The zero-order valence-electron chi connectivity index (χ0n) is 15.1. The molecular weight excluding hydrogens is 428 g/mol. The normalized spacial score (nSPS) is 11.6. The summed E-state index contributed by atoms with van der Waals surface area (Å²) in [7, 11) is 3.88. The Morgan fingerprint density at radius 3 is 2.63 bits per heavy atom. The Hall–Kier alpha value is -2.08. The quantitative estimate of drug-likeness (QED) is 0.509. The Labute approximate surface area is 171 Å². The van der Waals surface area contributed by atoms with Crippen molar-refractivity contribution in [3.05, 3.63) is 68.8 Å². The van der Waals surface area contributed by atoms with E-state index in [1.54, 1.807) is 0 Å². The van der Waals surface area contributed by atoms with Crippen molar-refractivity contribution < 1.29 is 9.53 Å². The Kier molecular flexibility index (Phi) is 6.37. The van der Waals surface area contributed by atoms with Crippen LogP contribution < -0.4 is 0 Å². The molecule has 1 aromatic heterocycles. The average molecular weight is 448 g/mol. The third-order valence-corrected chi connectivity index (χ3v) is 4.82. The number of esters is 1. The molecule has 0 atom stereocenters. The zero-order valence-corrected chi connectivity index (χ0v) is 17.5. The Morgan fingerprint density at radius 1 is 1.19 bits per heavy atom. The number of rotatable bonds is 6. The summed E-state index contributed by atoms with van der Waals surface area (Å²) >= 11 is 9.41. The number of benzene rings is 2. The number of carbonyl (C=O) groups is 1. The van der Waals surface area contributed by atoms with Gasteiger partial charge in [-0.15, -0.1) is 0 Å². The molecule has 0 bridgehead atoms. The maximum Gasteiger partial charge on any atom is 0.340 e. The number of carbonyl (C=O) groups excluding carboxylic acids is 1. The number of aromatic amines is 1. The average Bonchev–Trinajstić information content (AvgIpc) is 2.98. The third kappa shape index (κ3) is 5.01. The molecule has 0 aliphatic heterocycles. The zero-order chi connectivity index (χ0) is 19.4. The van der Waals surface area contributed by atoms with E-state index in [1.165, 1.54) is 0 Å². The van der Waals surface area contributed by atoms with E-state index in [0.29, 0.717) is 29.4 Å². The van der Waals surface area contributed by atoms with E-state index in [2.05, 4.69) is 20.9 Å². The van der Waals surface area contributed by atoms with E-state index in [9.17, 15) is 4.79 Å². The van der Waals surface area contributed by atoms with Crippen LogP contribution in [0.1, 0.15) is 21.6 Å². The summed E-state index contributed by atoms with van der Waals surface area (Å²) in [5, 5.41) is 1.52. The molecule has 1 N–H and O–H groups in total. The summed E-state index contributed by atoms with van der Waals surface area (Å²) < 4.78 is 6.42. The number of halogens is 2. The lowest BCUT2D eigenvalue weighted by Crippen LogP contribution is -2.20. The molecule has 0 amide bonds. The molecule has 0 radical (unpaired) electrons. The van der Waals surface area contributed by atoms with Crippen molar-refractivity contribution in [2.24, 2.45) is 0 Å². The van der Waals surface area contributed by atoms with Gasteiger partial charge in [-0.1, -0.05) is 51.8 Å². The highest BCUT2D eigenvalue weighted by Gasteiger charge is 2.18. The first-order valence-electron chi connectivity index (χ1n) is 8.51. The topological polar surface area (TPSA) is 45.3 Å². The van der Waals surface area contributed by atoms with Crippen LogP contribution in [0.4, 0.5) is 0 Å². The van der Waals surface area contributed by atoms with Gasteiger partial charge in [0.25, 0.3) is 0 Å². The fraction of sp³-hybridized carbons (Fsp3) is 0.190. The highest BCUT2D eigenvalue weighted by molar-refractivity contribution is 9.10. The lowest BCUT2D eigenvalue weighted by atomic mass is 10.1. The van der Waals surface area contributed by atoms with Crippen LogP contribution in [0.25, 0.3) is 23.1 Å². The van der Waals surface area contributed by atoms with Gasteiger partial charge in [-0.05, 0) is 50.0 Å².